The molecule has 0 spiro atoms. The molecule has 3 nitrogen and oxygen atoms in total. The highest BCUT2D eigenvalue weighted by atomic mass is 16.2. The highest BCUT2D eigenvalue weighted by Gasteiger charge is 2.61. The van der Waals surface area contributed by atoms with Gasteiger partial charge in [0, 0.05) is 17.9 Å². The second kappa shape index (κ2) is 3.56. The Bertz CT molecular complexity index is 463. The maximum atomic E-state index is 12.4. The number of rotatable bonds is 1. The Kier molecular flexibility index (Phi) is 2.31. The molecule has 3 rings (SSSR count). The molecule has 0 aromatic rings. The molecule has 4 atom stereocenters. The number of amides is 2. The summed E-state index contributed by atoms with van der Waals surface area (Å²) in [6, 6.07) is -0.0230. The molecule has 1 saturated carbocycles. The van der Waals surface area contributed by atoms with Crippen molar-refractivity contribution in [2.45, 2.75) is 33.7 Å². The lowest BCUT2D eigenvalue weighted by molar-refractivity contribution is -0.142. The predicted molar refractivity (Wildman–Crippen MR) is 68.5 cm³/mol. The first-order valence-corrected chi connectivity index (χ1v) is 6.67. The molecule has 0 unspecified atom stereocenters. The largest absolute Gasteiger partial charge is 0.279 e. The summed E-state index contributed by atoms with van der Waals surface area (Å²) in [4.78, 5) is 26.4. The Hall–Kier alpha value is -1.38. The predicted octanol–water partition coefficient (Wildman–Crippen LogP) is 2.15. The van der Waals surface area contributed by atoms with Gasteiger partial charge in [0.1, 0.15) is 0 Å². The van der Waals surface area contributed by atoms with E-state index >= 15 is 0 Å². The number of carbonyl (C=O) groups is 2. The summed E-state index contributed by atoms with van der Waals surface area (Å²) >= 11 is 0. The molecule has 1 aliphatic heterocycles. The van der Waals surface area contributed by atoms with Crippen LogP contribution in [0.3, 0.4) is 0 Å². The molecule has 2 bridgehead atoms. The summed E-state index contributed by atoms with van der Waals surface area (Å²) < 4.78 is 0. The van der Waals surface area contributed by atoms with E-state index in [0.717, 1.165) is 0 Å². The summed E-state index contributed by atoms with van der Waals surface area (Å²) in [5.41, 5.74) is 2.58. The van der Waals surface area contributed by atoms with E-state index in [-0.39, 0.29) is 41.5 Å². The Morgan fingerprint density at radius 1 is 1.06 bits per heavy atom. The van der Waals surface area contributed by atoms with Gasteiger partial charge in [-0.2, -0.15) is 0 Å². The van der Waals surface area contributed by atoms with E-state index in [1.165, 1.54) is 16.0 Å². The van der Waals surface area contributed by atoms with Gasteiger partial charge in [0.05, 0.1) is 11.8 Å². The third-order valence-corrected chi connectivity index (χ3v) is 4.54. The maximum absolute atomic E-state index is 12.4. The number of likely N-dealkylation sites (tertiary alicyclic amines) is 1. The fourth-order valence-electron chi connectivity index (χ4n) is 3.96. The quantitative estimate of drug-likeness (QED) is 0.524. The van der Waals surface area contributed by atoms with Crippen LogP contribution in [0.15, 0.2) is 23.3 Å². The fraction of sp³-hybridized carbons (Fsp3) is 0.600. The molecule has 96 valence electrons. The van der Waals surface area contributed by atoms with E-state index in [1.54, 1.807) is 0 Å². The van der Waals surface area contributed by atoms with Gasteiger partial charge >= 0.3 is 0 Å². The molecular weight excluding hydrogens is 226 g/mol. The summed E-state index contributed by atoms with van der Waals surface area (Å²) in [6.45, 7) is 7.99. The molecule has 3 aliphatic rings. The molecule has 18 heavy (non-hydrogen) atoms. The summed E-state index contributed by atoms with van der Waals surface area (Å²) in [6.07, 6.45) is 4.26. The molecule has 0 radical (unpaired) electrons. The van der Waals surface area contributed by atoms with E-state index < -0.39 is 0 Å². The number of allylic oxidation sites excluding steroid dienone is 4. The minimum absolute atomic E-state index is 0.0230. The summed E-state index contributed by atoms with van der Waals surface area (Å²) in [7, 11) is 0. The van der Waals surface area contributed by atoms with Gasteiger partial charge in [0.25, 0.3) is 0 Å². The van der Waals surface area contributed by atoms with Crippen molar-refractivity contribution in [3.05, 3.63) is 23.3 Å². The van der Waals surface area contributed by atoms with Crippen LogP contribution in [0.2, 0.25) is 0 Å². The summed E-state index contributed by atoms with van der Waals surface area (Å²) in [5.74, 6) is 0.168. The zero-order valence-electron chi connectivity index (χ0n) is 11.3. The van der Waals surface area contributed by atoms with Crippen LogP contribution >= 0.6 is 0 Å². The van der Waals surface area contributed by atoms with Crippen molar-refractivity contribution >= 4 is 11.8 Å². The SMILES string of the molecule is CC(C)=C1[C@H]2C=C[C@@H]1[C@H]1C(=O)N(C(C)C)C(=O)[C@H]12. The van der Waals surface area contributed by atoms with Crippen molar-refractivity contribution in [2.24, 2.45) is 23.7 Å². The first-order chi connectivity index (χ1) is 8.45. The van der Waals surface area contributed by atoms with E-state index in [0.29, 0.717) is 0 Å². The van der Waals surface area contributed by atoms with Gasteiger partial charge in [-0.05, 0) is 27.7 Å². The van der Waals surface area contributed by atoms with E-state index in [4.69, 9.17) is 0 Å². The number of hydrogen-bond donors (Lipinski definition) is 0. The minimum Gasteiger partial charge on any atom is -0.279 e. The standard InChI is InChI=1S/C15H19NO2/c1-7(2)11-9-5-6-10(11)13-12(9)14(17)16(8(3)4)15(13)18/h5-6,8-10,12-13H,1-4H3/t9-,10+,12+,13-. The van der Waals surface area contributed by atoms with Gasteiger partial charge < -0.3 is 0 Å². The first kappa shape index (κ1) is 11.7. The minimum atomic E-state index is -0.125. The van der Waals surface area contributed by atoms with Crippen LogP contribution in [0, 0.1) is 23.7 Å². The Balaban J connectivity index is 2.06. The highest BCUT2D eigenvalue weighted by molar-refractivity contribution is 6.07. The number of nitrogens with zero attached hydrogens (tertiary/aromatic N) is 1. The Morgan fingerprint density at radius 3 is 1.83 bits per heavy atom. The van der Waals surface area contributed by atoms with Crippen molar-refractivity contribution in [1.29, 1.82) is 0 Å². The average molecular weight is 245 g/mol. The lowest BCUT2D eigenvalue weighted by atomic mass is 9.85. The van der Waals surface area contributed by atoms with Crippen LogP contribution in [0.1, 0.15) is 27.7 Å². The van der Waals surface area contributed by atoms with Gasteiger partial charge in [-0.25, -0.2) is 0 Å². The monoisotopic (exact) mass is 245 g/mol. The molecule has 3 heteroatoms. The van der Waals surface area contributed by atoms with Crippen molar-refractivity contribution in [1.82, 2.24) is 4.90 Å². The fourth-order valence-corrected chi connectivity index (χ4v) is 3.96. The summed E-state index contributed by atoms with van der Waals surface area (Å²) in [5, 5.41) is 0. The third kappa shape index (κ3) is 1.20. The van der Waals surface area contributed by atoms with Crippen molar-refractivity contribution in [2.75, 3.05) is 0 Å². The van der Waals surface area contributed by atoms with Crippen molar-refractivity contribution < 1.29 is 9.59 Å². The number of carbonyl (C=O) groups excluding carboxylic acids is 2. The van der Waals surface area contributed by atoms with Gasteiger partial charge in [0.15, 0.2) is 0 Å². The highest BCUT2D eigenvalue weighted by Crippen LogP contribution is 2.56. The van der Waals surface area contributed by atoms with Crippen LogP contribution in [0.25, 0.3) is 0 Å². The normalized spacial score (nSPS) is 37.2. The molecule has 0 aromatic carbocycles. The van der Waals surface area contributed by atoms with E-state index in [2.05, 4.69) is 26.0 Å². The van der Waals surface area contributed by atoms with Crippen molar-refractivity contribution in [3.8, 4) is 0 Å². The molecule has 2 amide bonds. The van der Waals surface area contributed by atoms with E-state index in [9.17, 15) is 9.59 Å². The molecule has 2 aliphatic carbocycles. The molecular formula is C15H19NO2. The third-order valence-electron chi connectivity index (χ3n) is 4.54. The second-order valence-corrected chi connectivity index (χ2v) is 6.08. The van der Waals surface area contributed by atoms with Crippen LogP contribution in [-0.2, 0) is 9.59 Å². The number of hydrogen-bond acceptors (Lipinski definition) is 2. The molecule has 2 fully saturated rings. The zero-order valence-corrected chi connectivity index (χ0v) is 11.3. The lowest BCUT2D eigenvalue weighted by Crippen LogP contribution is -2.38. The van der Waals surface area contributed by atoms with E-state index in [1.807, 2.05) is 13.8 Å². The topological polar surface area (TPSA) is 37.4 Å². The molecule has 1 saturated heterocycles. The van der Waals surface area contributed by atoms with Gasteiger partial charge in [-0.1, -0.05) is 23.3 Å². The number of imide groups is 1. The Labute approximate surface area is 108 Å². The lowest BCUT2D eigenvalue weighted by Gasteiger charge is -2.22. The van der Waals surface area contributed by atoms with Gasteiger partial charge in [0.2, 0.25) is 11.8 Å². The molecule has 0 N–H and O–H groups in total. The van der Waals surface area contributed by atoms with Crippen LogP contribution in [0.5, 0.6) is 0 Å². The Morgan fingerprint density at radius 2 is 1.50 bits per heavy atom. The molecule has 0 aromatic heterocycles. The smallest absolute Gasteiger partial charge is 0.234 e. The zero-order chi connectivity index (χ0) is 13.2. The second-order valence-electron chi connectivity index (χ2n) is 6.08. The first-order valence-electron chi connectivity index (χ1n) is 6.67. The molecule has 1 heterocycles. The average Bonchev–Trinajstić information content (AvgIpc) is 2.88. The van der Waals surface area contributed by atoms with Crippen molar-refractivity contribution in [3.63, 3.8) is 0 Å². The van der Waals surface area contributed by atoms with Crippen LogP contribution in [0.4, 0.5) is 0 Å². The van der Waals surface area contributed by atoms with Gasteiger partial charge in [-0.15, -0.1) is 0 Å². The maximum Gasteiger partial charge on any atom is 0.234 e. The van der Waals surface area contributed by atoms with Gasteiger partial charge in [-0.3, -0.25) is 14.5 Å². The van der Waals surface area contributed by atoms with Crippen LogP contribution < -0.4 is 0 Å². The number of fused-ring (bicyclic) bond motifs is 5. The van der Waals surface area contributed by atoms with Crippen LogP contribution in [-0.4, -0.2) is 22.8 Å².